The Hall–Kier alpha value is -0.190. The molecule has 0 spiro atoms. The maximum atomic E-state index is 9.77. The highest BCUT2D eigenvalue weighted by Gasteiger charge is 2.26. The lowest BCUT2D eigenvalue weighted by Gasteiger charge is -2.26. The average molecular weight is 173 g/mol. The maximum Gasteiger partial charge on any atom is 0.125 e. The Morgan fingerprint density at radius 2 is 1.91 bits per heavy atom. The van der Waals surface area contributed by atoms with Crippen LogP contribution in [0.4, 0.5) is 0 Å². The molecular formula is C9H13ClO. The van der Waals surface area contributed by atoms with Crippen LogP contribution in [0.3, 0.4) is 0 Å². The van der Waals surface area contributed by atoms with Gasteiger partial charge in [0.1, 0.15) is 5.60 Å². The molecule has 0 aromatic heterocycles. The van der Waals surface area contributed by atoms with Gasteiger partial charge in [-0.05, 0) is 25.7 Å². The summed E-state index contributed by atoms with van der Waals surface area (Å²) in [6.45, 7) is 0. The van der Waals surface area contributed by atoms with Crippen molar-refractivity contribution in [1.29, 1.82) is 0 Å². The fraction of sp³-hybridized carbons (Fsp3) is 0.778. The minimum Gasteiger partial charge on any atom is -0.378 e. The van der Waals surface area contributed by atoms with Gasteiger partial charge in [0.15, 0.2) is 0 Å². The second-order valence-corrected chi connectivity index (χ2v) is 3.29. The van der Waals surface area contributed by atoms with Crippen LogP contribution in [0.15, 0.2) is 0 Å². The van der Waals surface area contributed by atoms with Gasteiger partial charge >= 0.3 is 0 Å². The minimum atomic E-state index is -0.715. The summed E-state index contributed by atoms with van der Waals surface area (Å²) in [5.74, 6) is 5.87. The molecule has 1 fully saturated rings. The number of hydrogen-bond acceptors (Lipinski definition) is 1. The van der Waals surface area contributed by atoms with Crippen molar-refractivity contribution in [1.82, 2.24) is 0 Å². The lowest BCUT2D eigenvalue weighted by atomic mass is 9.85. The van der Waals surface area contributed by atoms with Gasteiger partial charge in [0.25, 0.3) is 0 Å². The van der Waals surface area contributed by atoms with Gasteiger partial charge in [0, 0.05) is 0 Å². The van der Waals surface area contributed by atoms with E-state index >= 15 is 0 Å². The van der Waals surface area contributed by atoms with Crippen molar-refractivity contribution in [3.63, 3.8) is 0 Å². The van der Waals surface area contributed by atoms with Crippen molar-refractivity contribution in [2.45, 2.75) is 37.7 Å². The van der Waals surface area contributed by atoms with E-state index < -0.39 is 5.60 Å². The molecule has 0 amide bonds. The Morgan fingerprint density at radius 1 is 1.27 bits per heavy atom. The summed E-state index contributed by atoms with van der Waals surface area (Å²) in [6.07, 6.45) is 5.04. The first-order valence-corrected chi connectivity index (χ1v) is 4.59. The fourth-order valence-corrected chi connectivity index (χ4v) is 1.53. The summed E-state index contributed by atoms with van der Waals surface area (Å²) >= 11 is 5.40. The zero-order chi connectivity index (χ0) is 8.16. The molecule has 1 aliphatic carbocycles. The molecule has 1 saturated carbocycles. The normalized spacial score (nSPS) is 22.0. The summed E-state index contributed by atoms with van der Waals surface area (Å²) in [7, 11) is 0. The predicted octanol–water partition coefficient (Wildman–Crippen LogP) is 1.92. The van der Waals surface area contributed by atoms with Crippen LogP contribution in [-0.4, -0.2) is 16.6 Å². The van der Waals surface area contributed by atoms with Crippen molar-refractivity contribution in [3.8, 4) is 11.8 Å². The predicted molar refractivity (Wildman–Crippen MR) is 46.5 cm³/mol. The van der Waals surface area contributed by atoms with Crippen molar-refractivity contribution >= 4 is 11.6 Å². The topological polar surface area (TPSA) is 20.2 Å². The van der Waals surface area contributed by atoms with E-state index in [1.54, 1.807) is 0 Å². The van der Waals surface area contributed by atoms with E-state index in [9.17, 15) is 5.11 Å². The van der Waals surface area contributed by atoms with Crippen LogP contribution in [0.1, 0.15) is 32.1 Å². The number of halogens is 1. The Morgan fingerprint density at radius 3 is 2.45 bits per heavy atom. The molecule has 0 aromatic rings. The average Bonchev–Trinajstić information content (AvgIpc) is 2.03. The van der Waals surface area contributed by atoms with Crippen molar-refractivity contribution < 1.29 is 5.11 Å². The van der Waals surface area contributed by atoms with E-state index in [0.717, 1.165) is 25.7 Å². The molecular weight excluding hydrogens is 160 g/mol. The summed E-state index contributed by atoms with van der Waals surface area (Å²) in [5, 5.41) is 9.77. The Bertz CT molecular complexity index is 172. The monoisotopic (exact) mass is 172 g/mol. The fourth-order valence-electron chi connectivity index (χ4n) is 1.46. The van der Waals surface area contributed by atoms with E-state index in [0.29, 0.717) is 5.88 Å². The zero-order valence-corrected chi connectivity index (χ0v) is 7.32. The zero-order valence-electron chi connectivity index (χ0n) is 6.57. The number of rotatable bonds is 0. The van der Waals surface area contributed by atoms with E-state index in [4.69, 9.17) is 11.6 Å². The van der Waals surface area contributed by atoms with E-state index in [1.807, 2.05) is 0 Å². The molecule has 1 rings (SSSR count). The highest BCUT2D eigenvalue weighted by molar-refractivity contribution is 6.19. The molecule has 0 bridgehead atoms. The SMILES string of the molecule is OC1(C#CCCl)CCCCC1. The summed E-state index contributed by atoms with van der Waals surface area (Å²) in [6, 6.07) is 0. The highest BCUT2D eigenvalue weighted by atomic mass is 35.5. The van der Waals surface area contributed by atoms with E-state index in [-0.39, 0.29) is 0 Å². The largest absolute Gasteiger partial charge is 0.378 e. The second-order valence-electron chi connectivity index (χ2n) is 3.03. The van der Waals surface area contributed by atoms with Crippen LogP contribution < -0.4 is 0 Å². The third kappa shape index (κ3) is 2.73. The summed E-state index contributed by atoms with van der Waals surface area (Å²) < 4.78 is 0. The minimum absolute atomic E-state index is 0.322. The van der Waals surface area contributed by atoms with Gasteiger partial charge in [0.05, 0.1) is 5.88 Å². The molecule has 0 heterocycles. The van der Waals surface area contributed by atoms with Gasteiger partial charge in [-0.25, -0.2) is 0 Å². The van der Waals surface area contributed by atoms with Crippen molar-refractivity contribution in [2.24, 2.45) is 0 Å². The first-order chi connectivity index (χ1) is 5.27. The van der Waals surface area contributed by atoms with Crippen LogP contribution >= 0.6 is 11.6 Å². The van der Waals surface area contributed by atoms with Crippen LogP contribution in [0.2, 0.25) is 0 Å². The first-order valence-electron chi connectivity index (χ1n) is 4.05. The van der Waals surface area contributed by atoms with Crippen LogP contribution in [0.25, 0.3) is 0 Å². The third-order valence-electron chi connectivity index (χ3n) is 2.07. The molecule has 0 radical (unpaired) electrons. The maximum absolute atomic E-state index is 9.77. The highest BCUT2D eigenvalue weighted by Crippen LogP contribution is 2.26. The Balaban J connectivity index is 2.49. The molecule has 0 atom stereocenters. The Kier molecular flexibility index (Phi) is 3.23. The molecule has 2 heteroatoms. The van der Waals surface area contributed by atoms with Gasteiger partial charge in [-0.1, -0.05) is 18.3 Å². The Labute approximate surface area is 72.7 Å². The number of alkyl halides is 1. The van der Waals surface area contributed by atoms with Crippen LogP contribution in [-0.2, 0) is 0 Å². The molecule has 1 N–H and O–H groups in total. The standard InChI is InChI=1S/C9H13ClO/c10-8-4-7-9(11)5-2-1-3-6-9/h11H,1-3,5-6,8H2. The molecule has 62 valence electrons. The molecule has 1 nitrogen and oxygen atoms in total. The lowest BCUT2D eigenvalue weighted by molar-refractivity contribution is 0.0610. The molecule has 0 saturated heterocycles. The van der Waals surface area contributed by atoms with Gasteiger partial charge in [-0.15, -0.1) is 11.6 Å². The van der Waals surface area contributed by atoms with Gasteiger partial charge in [0.2, 0.25) is 0 Å². The molecule has 1 aliphatic rings. The summed E-state index contributed by atoms with van der Waals surface area (Å²) in [5.41, 5.74) is -0.715. The molecule has 0 aliphatic heterocycles. The van der Waals surface area contributed by atoms with Crippen LogP contribution in [0.5, 0.6) is 0 Å². The third-order valence-corrected chi connectivity index (χ3v) is 2.20. The van der Waals surface area contributed by atoms with Crippen LogP contribution in [0, 0.1) is 11.8 Å². The van der Waals surface area contributed by atoms with Crippen molar-refractivity contribution in [3.05, 3.63) is 0 Å². The quantitative estimate of drug-likeness (QED) is 0.437. The molecule has 0 aromatic carbocycles. The smallest absolute Gasteiger partial charge is 0.125 e. The molecule has 11 heavy (non-hydrogen) atoms. The summed E-state index contributed by atoms with van der Waals surface area (Å²) in [4.78, 5) is 0. The number of aliphatic hydroxyl groups is 1. The van der Waals surface area contributed by atoms with Crippen molar-refractivity contribution in [2.75, 3.05) is 5.88 Å². The van der Waals surface area contributed by atoms with Gasteiger partial charge in [-0.2, -0.15) is 0 Å². The number of hydrogen-bond donors (Lipinski definition) is 1. The van der Waals surface area contributed by atoms with E-state index in [1.165, 1.54) is 6.42 Å². The lowest BCUT2D eigenvalue weighted by Crippen LogP contribution is -2.29. The first kappa shape index (κ1) is 8.90. The second kappa shape index (κ2) is 3.99. The van der Waals surface area contributed by atoms with Gasteiger partial charge < -0.3 is 5.11 Å². The van der Waals surface area contributed by atoms with Gasteiger partial charge in [-0.3, -0.25) is 0 Å². The van der Waals surface area contributed by atoms with E-state index in [2.05, 4.69) is 11.8 Å². The molecule has 0 unspecified atom stereocenters.